The summed E-state index contributed by atoms with van der Waals surface area (Å²) in [6.07, 6.45) is 1.38. The van der Waals surface area contributed by atoms with Crippen LogP contribution >= 0.6 is 0 Å². The third kappa shape index (κ3) is 3.48. The Kier molecular flexibility index (Phi) is 4.53. The Balaban J connectivity index is 1.66. The maximum Gasteiger partial charge on any atom is 0.220 e. The van der Waals surface area contributed by atoms with E-state index in [-0.39, 0.29) is 5.75 Å². The fourth-order valence-corrected chi connectivity index (χ4v) is 4.11. The molecule has 3 rings (SSSR count). The summed E-state index contributed by atoms with van der Waals surface area (Å²) < 4.78 is 36.4. The van der Waals surface area contributed by atoms with E-state index in [1.807, 2.05) is 24.3 Å². The maximum absolute atomic E-state index is 12.4. The molecule has 0 spiro atoms. The molecule has 1 aliphatic rings. The molecule has 1 saturated heterocycles. The van der Waals surface area contributed by atoms with Crippen LogP contribution in [-0.4, -0.2) is 51.2 Å². The lowest BCUT2D eigenvalue weighted by atomic mass is 10.2. The summed E-state index contributed by atoms with van der Waals surface area (Å²) in [6, 6.07) is 9.33. The summed E-state index contributed by atoms with van der Waals surface area (Å²) in [7, 11) is -1.74. The molecule has 8 heteroatoms. The van der Waals surface area contributed by atoms with E-state index in [1.165, 1.54) is 10.6 Å². The molecule has 0 aliphatic carbocycles. The topological polar surface area (TPSA) is 75.9 Å². The van der Waals surface area contributed by atoms with Gasteiger partial charge in [-0.05, 0) is 12.1 Å². The molecule has 1 aliphatic heterocycles. The first-order valence-corrected chi connectivity index (χ1v) is 8.96. The van der Waals surface area contributed by atoms with Gasteiger partial charge in [0.25, 0.3) is 0 Å². The van der Waals surface area contributed by atoms with Gasteiger partial charge in [-0.25, -0.2) is 8.42 Å². The Hall–Kier alpha value is -2.06. The van der Waals surface area contributed by atoms with Gasteiger partial charge in [0.2, 0.25) is 10.0 Å². The number of anilines is 1. The minimum absolute atomic E-state index is 0.127. The second kappa shape index (κ2) is 6.59. The van der Waals surface area contributed by atoms with Crippen LogP contribution in [0.15, 0.2) is 41.1 Å². The number of hydrogen-bond acceptors (Lipinski definition) is 6. The van der Waals surface area contributed by atoms with Crippen molar-refractivity contribution in [3.63, 3.8) is 0 Å². The molecule has 0 radical (unpaired) electrons. The van der Waals surface area contributed by atoms with Crippen LogP contribution in [-0.2, 0) is 15.8 Å². The average molecular weight is 337 g/mol. The van der Waals surface area contributed by atoms with E-state index in [1.54, 1.807) is 13.2 Å². The summed E-state index contributed by atoms with van der Waals surface area (Å²) in [5.41, 5.74) is 1.42. The van der Waals surface area contributed by atoms with Crippen LogP contribution in [0, 0.1) is 0 Å². The van der Waals surface area contributed by atoms with Gasteiger partial charge in [-0.3, -0.25) is 0 Å². The van der Waals surface area contributed by atoms with Crippen LogP contribution in [0.25, 0.3) is 0 Å². The second-order valence-corrected chi connectivity index (χ2v) is 7.27. The van der Waals surface area contributed by atoms with E-state index in [4.69, 9.17) is 9.26 Å². The number of para-hydroxylation sites is 2. The molecule has 0 saturated carbocycles. The minimum atomic E-state index is -3.37. The van der Waals surface area contributed by atoms with Crippen LogP contribution in [0.2, 0.25) is 0 Å². The zero-order valence-electron chi connectivity index (χ0n) is 12.9. The Morgan fingerprint density at radius 1 is 1.17 bits per heavy atom. The Bertz CT molecular complexity index is 738. The summed E-state index contributed by atoms with van der Waals surface area (Å²) in [5.74, 6) is 0.671. The lowest BCUT2D eigenvalue weighted by molar-refractivity contribution is 0.376. The zero-order valence-corrected chi connectivity index (χ0v) is 13.7. The normalized spacial score (nSPS) is 16.5. The van der Waals surface area contributed by atoms with Crippen LogP contribution in [0.4, 0.5) is 5.69 Å². The van der Waals surface area contributed by atoms with Crippen molar-refractivity contribution in [1.29, 1.82) is 0 Å². The smallest absolute Gasteiger partial charge is 0.220 e. The van der Waals surface area contributed by atoms with Crippen molar-refractivity contribution < 1.29 is 17.7 Å². The molecule has 2 aromatic rings. The number of nitrogens with zero attached hydrogens (tertiary/aromatic N) is 3. The number of piperazine rings is 1. The first kappa shape index (κ1) is 15.8. The molecule has 1 aromatic heterocycles. The van der Waals surface area contributed by atoms with Gasteiger partial charge in [0.1, 0.15) is 17.8 Å². The largest absolute Gasteiger partial charge is 0.495 e. The quantitative estimate of drug-likeness (QED) is 0.819. The Labute approximate surface area is 135 Å². The van der Waals surface area contributed by atoms with Gasteiger partial charge in [-0.1, -0.05) is 17.3 Å². The zero-order chi connectivity index (χ0) is 16.3. The average Bonchev–Trinajstić information content (AvgIpc) is 3.07. The van der Waals surface area contributed by atoms with Crippen molar-refractivity contribution in [2.45, 2.75) is 5.75 Å². The van der Waals surface area contributed by atoms with Gasteiger partial charge >= 0.3 is 0 Å². The highest BCUT2D eigenvalue weighted by molar-refractivity contribution is 7.88. The van der Waals surface area contributed by atoms with Gasteiger partial charge in [0.05, 0.1) is 18.5 Å². The summed E-state index contributed by atoms with van der Waals surface area (Å²) in [6.45, 7) is 2.13. The highest BCUT2D eigenvalue weighted by Crippen LogP contribution is 2.28. The Morgan fingerprint density at radius 3 is 2.57 bits per heavy atom. The van der Waals surface area contributed by atoms with Crippen molar-refractivity contribution in [2.75, 3.05) is 38.2 Å². The van der Waals surface area contributed by atoms with E-state index < -0.39 is 10.0 Å². The summed E-state index contributed by atoms with van der Waals surface area (Å²) in [5, 5.41) is 3.67. The molecule has 1 fully saturated rings. The number of rotatable bonds is 5. The molecule has 23 heavy (non-hydrogen) atoms. The molecule has 2 heterocycles. The van der Waals surface area contributed by atoms with E-state index in [9.17, 15) is 8.42 Å². The maximum atomic E-state index is 12.4. The van der Waals surface area contributed by atoms with E-state index in [2.05, 4.69) is 10.1 Å². The van der Waals surface area contributed by atoms with Crippen LogP contribution in [0.5, 0.6) is 5.75 Å². The molecule has 0 unspecified atom stereocenters. The number of benzene rings is 1. The second-order valence-electron chi connectivity index (χ2n) is 5.30. The lowest BCUT2D eigenvalue weighted by Crippen LogP contribution is -2.49. The van der Waals surface area contributed by atoms with Gasteiger partial charge < -0.3 is 14.2 Å². The molecule has 0 atom stereocenters. The van der Waals surface area contributed by atoms with Crippen LogP contribution < -0.4 is 9.64 Å². The molecule has 0 amide bonds. The molecular formula is C15H19N3O4S. The van der Waals surface area contributed by atoms with Crippen LogP contribution in [0.3, 0.4) is 0 Å². The SMILES string of the molecule is COc1ccccc1N1CCN(S(=O)(=O)Cc2ccon2)CC1. The minimum Gasteiger partial charge on any atom is -0.495 e. The highest BCUT2D eigenvalue weighted by Gasteiger charge is 2.28. The number of methoxy groups -OCH3 is 1. The first-order valence-electron chi connectivity index (χ1n) is 7.35. The summed E-state index contributed by atoms with van der Waals surface area (Å²) in [4.78, 5) is 2.14. The first-order chi connectivity index (χ1) is 11.1. The number of sulfonamides is 1. The van der Waals surface area contributed by atoms with Crippen molar-refractivity contribution in [1.82, 2.24) is 9.46 Å². The van der Waals surface area contributed by atoms with Crippen molar-refractivity contribution in [3.8, 4) is 5.75 Å². The molecular weight excluding hydrogens is 318 g/mol. The third-order valence-electron chi connectivity index (χ3n) is 3.88. The number of hydrogen-bond donors (Lipinski definition) is 0. The van der Waals surface area contributed by atoms with E-state index in [0.29, 0.717) is 31.9 Å². The van der Waals surface area contributed by atoms with Gasteiger partial charge in [0, 0.05) is 32.2 Å². The monoisotopic (exact) mass is 337 g/mol. The predicted octanol–water partition coefficient (Wildman–Crippen LogP) is 1.34. The van der Waals surface area contributed by atoms with Gasteiger partial charge in [-0.2, -0.15) is 4.31 Å². The van der Waals surface area contributed by atoms with E-state index in [0.717, 1.165) is 11.4 Å². The number of ether oxygens (including phenoxy) is 1. The van der Waals surface area contributed by atoms with Gasteiger partial charge in [0.15, 0.2) is 0 Å². The van der Waals surface area contributed by atoms with Crippen LogP contribution in [0.1, 0.15) is 5.69 Å². The molecule has 0 N–H and O–H groups in total. The lowest BCUT2D eigenvalue weighted by Gasteiger charge is -2.35. The number of aromatic nitrogens is 1. The third-order valence-corrected chi connectivity index (χ3v) is 5.69. The predicted molar refractivity (Wildman–Crippen MR) is 85.9 cm³/mol. The molecule has 0 bridgehead atoms. The van der Waals surface area contributed by atoms with Crippen molar-refractivity contribution in [2.24, 2.45) is 0 Å². The van der Waals surface area contributed by atoms with E-state index >= 15 is 0 Å². The molecule has 1 aromatic carbocycles. The highest BCUT2D eigenvalue weighted by atomic mass is 32.2. The standard InChI is InChI=1S/C15H19N3O4S/c1-21-15-5-3-2-4-14(15)17-7-9-18(10-8-17)23(19,20)12-13-6-11-22-16-13/h2-6,11H,7-10,12H2,1H3. The summed E-state index contributed by atoms with van der Waals surface area (Å²) >= 11 is 0. The fraction of sp³-hybridized carbons (Fsp3) is 0.400. The van der Waals surface area contributed by atoms with Crippen molar-refractivity contribution >= 4 is 15.7 Å². The Morgan fingerprint density at radius 2 is 1.91 bits per heavy atom. The molecule has 7 nitrogen and oxygen atoms in total. The van der Waals surface area contributed by atoms with Crippen molar-refractivity contribution in [3.05, 3.63) is 42.3 Å². The fourth-order valence-electron chi connectivity index (χ4n) is 2.69. The molecule has 124 valence electrons. The van der Waals surface area contributed by atoms with Gasteiger partial charge in [-0.15, -0.1) is 0 Å².